The summed E-state index contributed by atoms with van der Waals surface area (Å²) in [6.45, 7) is 4.88. The molecule has 9 nitrogen and oxygen atoms in total. The largest absolute Gasteiger partial charge is 0.465 e. The second-order valence-corrected chi connectivity index (χ2v) is 6.39. The van der Waals surface area contributed by atoms with E-state index in [2.05, 4.69) is 15.0 Å². The van der Waals surface area contributed by atoms with Crippen molar-refractivity contribution >= 4 is 23.8 Å². The number of carbonyl (C=O) groups is 4. The molecule has 1 heterocycles. The Kier molecular flexibility index (Phi) is 7.74. The van der Waals surface area contributed by atoms with E-state index in [4.69, 9.17) is 9.47 Å². The van der Waals surface area contributed by atoms with Gasteiger partial charge in [0.05, 0.1) is 24.8 Å². The lowest BCUT2D eigenvalue weighted by Crippen LogP contribution is -2.28. The van der Waals surface area contributed by atoms with Gasteiger partial charge in [0.25, 0.3) is 5.91 Å². The summed E-state index contributed by atoms with van der Waals surface area (Å²) in [7, 11) is 1.30. The van der Waals surface area contributed by atoms with Crippen LogP contribution in [0.25, 0.3) is 0 Å². The Morgan fingerprint density at radius 1 is 0.967 bits per heavy atom. The van der Waals surface area contributed by atoms with E-state index >= 15 is 0 Å². The first-order chi connectivity index (χ1) is 14.3. The summed E-state index contributed by atoms with van der Waals surface area (Å²) in [5.74, 6) is -2.21. The van der Waals surface area contributed by atoms with Gasteiger partial charge >= 0.3 is 17.9 Å². The van der Waals surface area contributed by atoms with Gasteiger partial charge in [-0.1, -0.05) is 12.1 Å². The van der Waals surface area contributed by atoms with Crippen molar-refractivity contribution in [3.8, 4) is 0 Å². The lowest BCUT2D eigenvalue weighted by Gasteiger charge is -2.07. The highest BCUT2D eigenvalue weighted by molar-refractivity contribution is 5.99. The van der Waals surface area contributed by atoms with Gasteiger partial charge in [-0.25, -0.2) is 14.4 Å². The number of hydrogen-bond donors (Lipinski definition) is 2. The smallest absolute Gasteiger partial charge is 0.355 e. The molecule has 1 aromatic heterocycles. The van der Waals surface area contributed by atoms with E-state index in [1.807, 2.05) is 0 Å². The Bertz CT molecular complexity index is 945. The lowest BCUT2D eigenvalue weighted by atomic mass is 10.1. The van der Waals surface area contributed by atoms with Crippen molar-refractivity contribution in [1.82, 2.24) is 10.3 Å². The molecular weight excluding hydrogens is 392 g/mol. The van der Waals surface area contributed by atoms with Gasteiger partial charge in [0.2, 0.25) is 0 Å². The van der Waals surface area contributed by atoms with E-state index in [0.717, 1.165) is 5.56 Å². The van der Waals surface area contributed by atoms with E-state index < -0.39 is 30.4 Å². The molecule has 0 atom stereocenters. The monoisotopic (exact) mass is 416 g/mol. The number of ether oxygens (including phenoxy) is 3. The standard InChI is InChI=1S/C21H24N2O7/c1-5-29-20(26)17-12(2)18(23-13(17)3)21(27)30-11-16(24)22-10-14-6-8-15(9-7-14)19(25)28-4/h6-9,23H,5,10-11H2,1-4H3,(H,22,24). The highest BCUT2D eigenvalue weighted by Crippen LogP contribution is 2.19. The van der Waals surface area contributed by atoms with Crippen molar-refractivity contribution in [2.75, 3.05) is 20.3 Å². The average Bonchev–Trinajstić information content (AvgIpc) is 3.04. The van der Waals surface area contributed by atoms with Crippen LogP contribution in [0.5, 0.6) is 0 Å². The maximum Gasteiger partial charge on any atom is 0.355 e. The number of aromatic nitrogens is 1. The third-order valence-electron chi connectivity index (χ3n) is 4.32. The van der Waals surface area contributed by atoms with Gasteiger partial charge < -0.3 is 24.5 Å². The number of benzene rings is 1. The number of hydrogen-bond acceptors (Lipinski definition) is 7. The highest BCUT2D eigenvalue weighted by Gasteiger charge is 2.24. The molecule has 2 N–H and O–H groups in total. The van der Waals surface area contributed by atoms with Crippen LogP contribution in [0.3, 0.4) is 0 Å². The number of aromatic amines is 1. The molecule has 9 heteroatoms. The van der Waals surface area contributed by atoms with Crippen LogP contribution in [0.15, 0.2) is 24.3 Å². The van der Waals surface area contributed by atoms with E-state index in [1.54, 1.807) is 45.0 Å². The maximum absolute atomic E-state index is 12.3. The van der Waals surface area contributed by atoms with Gasteiger partial charge in [-0.15, -0.1) is 0 Å². The van der Waals surface area contributed by atoms with Crippen LogP contribution in [0.1, 0.15) is 54.9 Å². The summed E-state index contributed by atoms with van der Waals surface area (Å²) in [4.78, 5) is 50.5. The lowest BCUT2D eigenvalue weighted by molar-refractivity contribution is -0.124. The van der Waals surface area contributed by atoms with Crippen LogP contribution >= 0.6 is 0 Å². The van der Waals surface area contributed by atoms with Gasteiger partial charge in [-0.05, 0) is 44.0 Å². The SMILES string of the molecule is CCOC(=O)c1c(C)[nH]c(C(=O)OCC(=O)NCc2ccc(C(=O)OC)cc2)c1C. The minimum Gasteiger partial charge on any atom is -0.465 e. The molecule has 2 rings (SSSR count). The van der Waals surface area contributed by atoms with Crippen molar-refractivity contribution in [3.05, 3.63) is 57.9 Å². The van der Waals surface area contributed by atoms with Crippen LogP contribution in [-0.2, 0) is 25.5 Å². The average molecular weight is 416 g/mol. The molecule has 1 aromatic carbocycles. The second-order valence-electron chi connectivity index (χ2n) is 6.39. The molecule has 0 spiro atoms. The van der Waals surface area contributed by atoms with Crippen LogP contribution in [0.4, 0.5) is 0 Å². The number of amides is 1. The molecule has 160 valence electrons. The Balaban J connectivity index is 1.89. The Labute approximate surface area is 173 Å². The third kappa shape index (κ3) is 5.47. The second kappa shape index (κ2) is 10.2. The molecule has 0 saturated heterocycles. The van der Waals surface area contributed by atoms with Gasteiger partial charge in [-0.2, -0.15) is 0 Å². The molecule has 30 heavy (non-hydrogen) atoms. The van der Waals surface area contributed by atoms with Crippen molar-refractivity contribution in [3.63, 3.8) is 0 Å². The molecule has 0 saturated carbocycles. The molecule has 0 aliphatic rings. The molecule has 0 aliphatic carbocycles. The highest BCUT2D eigenvalue weighted by atomic mass is 16.5. The molecule has 0 bridgehead atoms. The summed E-state index contributed by atoms with van der Waals surface area (Å²) < 4.78 is 14.6. The molecule has 2 aromatic rings. The molecular formula is C21H24N2O7. The van der Waals surface area contributed by atoms with Crippen LogP contribution in [-0.4, -0.2) is 49.1 Å². The van der Waals surface area contributed by atoms with Gasteiger partial charge in [0, 0.05) is 12.2 Å². The van der Waals surface area contributed by atoms with Crippen molar-refractivity contribution in [2.45, 2.75) is 27.3 Å². The summed E-state index contributed by atoms with van der Waals surface area (Å²) in [6, 6.07) is 6.54. The molecule has 0 radical (unpaired) electrons. The summed E-state index contributed by atoms with van der Waals surface area (Å²) in [6.07, 6.45) is 0. The minimum absolute atomic E-state index is 0.0988. The zero-order chi connectivity index (χ0) is 22.3. The molecule has 1 amide bonds. The fourth-order valence-electron chi connectivity index (χ4n) is 2.80. The zero-order valence-corrected chi connectivity index (χ0v) is 17.3. The van der Waals surface area contributed by atoms with Crippen LogP contribution in [0, 0.1) is 13.8 Å². The number of esters is 3. The van der Waals surface area contributed by atoms with E-state index in [1.165, 1.54) is 7.11 Å². The van der Waals surface area contributed by atoms with Crippen LogP contribution < -0.4 is 5.32 Å². The number of aryl methyl sites for hydroxylation is 1. The molecule has 0 aliphatic heterocycles. The Morgan fingerprint density at radius 3 is 2.23 bits per heavy atom. The predicted octanol–water partition coefficient (Wildman–Crippen LogP) is 2.07. The first kappa shape index (κ1) is 22.7. The topological polar surface area (TPSA) is 124 Å². The van der Waals surface area contributed by atoms with Gasteiger partial charge in [0.1, 0.15) is 5.69 Å². The molecule has 0 unspecified atom stereocenters. The number of methoxy groups -OCH3 is 1. The zero-order valence-electron chi connectivity index (χ0n) is 17.3. The van der Waals surface area contributed by atoms with Gasteiger partial charge in [-0.3, -0.25) is 4.79 Å². The number of H-pyrrole nitrogens is 1. The minimum atomic E-state index is -0.747. The summed E-state index contributed by atoms with van der Waals surface area (Å²) in [5.41, 5.74) is 2.43. The quantitative estimate of drug-likeness (QED) is 0.499. The Hall–Kier alpha value is -3.62. The first-order valence-electron chi connectivity index (χ1n) is 9.25. The van der Waals surface area contributed by atoms with Gasteiger partial charge in [0.15, 0.2) is 6.61 Å². The van der Waals surface area contributed by atoms with E-state index in [0.29, 0.717) is 16.8 Å². The maximum atomic E-state index is 12.3. The fourth-order valence-corrected chi connectivity index (χ4v) is 2.80. The first-order valence-corrected chi connectivity index (χ1v) is 9.25. The van der Waals surface area contributed by atoms with E-state index in [9.17, 15) is 19.2 Å². The van der Waals surface area contributed by atoms with Crippen LogP contribution in [0.2, 0.25) is 0 Å². The normalized spacial score (nSPS) is 10.3. The van der Waals surface area contributed by atoms with E-state index in [-0.39, 0.29) is 24.4 Å². The van der Waals surface area contributed by atoms with Crippen molar-refractivity contribution < 1.29 is 33.4 Å². The van der Waals surface area contributed by atoms with Crippen molar-refractivity contribution in [1.29, 1.82) is 0 Å². The number of rotatable bonds is 8. The number of nitrogens with one attached hydrogen (secondary N) is 2. The summed E-state index contributed by atoms with van der Waals surface area (Å²) in [5, 5.41) is 2.62. The molecule has 0 fully saturated rings. The predicted molar refractivity (Wildman–Crippen MR) is 106 cm³/mol. The fraction of sp³-hybridized carbons (Fsp3) is 0.333. The summed E-state index contributed by atoms with van der Waals surface area (Å²) >= 11 is 0. The third-order valence-corrected chi connectivity index (χ3v) is 4.32. The van der Waals surface area contributed by atoms with Crippen molar-refractivity contribution in [2.24, 2.45) is 0 Å². The Morgan fingerprint density at radius 2 is 1.63 bits per heavy atom. The number of carbonyl (C=O) groups excluding carboxylic acids is 4.